The molecule has 2 aromatic carbocycles. The Balaban J connectivity index is 2.21. The minimum absolute atomic E-state index is 0.0762. The highest BCUT2D eigenvalue weighted by Gasteiger charge is 2.16. The molecule has 0 heterocycles. The van der Waals surface area contributed by atoms with Gasteiger partial charge in [-0.15, -0.1) is 0 Å². The van der Waals surface area contributed by atoms with Crippen molar-refractivity contribution < 1.29 is 25.1 Å². The third-order valence-electron chi connectivity index (χ3n) is 2.68. The van der Waals surface area contributed by atoms with Crippen molar-refractivity contribution in [2.45, 2.75) is 0 Å². The molecule has 0 saturated carbocycles. The monoisotopic (exact) mass is 286 g/mol. The maximum absolute atomic E-state index is 10.7. The quantitative estimate of drug-likeness (QED) is 0.496. The van der Waals surface area contributed by atoms with Gasteiger partial charge in [0.15, 0.2) is 0 Å². The molecule has 4 N–H and O–H groups in total. The molecule has 0 radical (unpaired) electrons. The van der Waals surface area contributed by atoms with Crippen LogP contribution in [0.1, 0.15) is 10.4 Å². The molecule has 0 saturated heterocycles. The van der Waals surface area contributed by atoms with Gasteiger partial charge in [0.25, 0.3) is 0 Å². The summed E-state index contributed by atoms with van der Waals surface area (Å²) in [7, 11) is -1.81. The van der Waals surface area contributed by atoms with Gasteiger partial charge >= 0.3 is 13.1 Å². The molecule has 0 aliphatic carbocycles. The van der Waals surface area contributed by atoms with Crippen molar-refractivity contribution in [1.82, 2.24) is 0 Å². The van der Waals surface area contributed by atoms with E-state index in [9.17, 15) is 9.90 Å². The number of hydrogen-bond donors (Lipinski definition) is 4. The van der Waals surface area contributed by atoms with E-state index in [4.69, 9.17) is 15.2 Å². The molecule has 8 heteroatoms. The van der Waals surface area contributed by atoms with Gasteiger partial charge in [0.05, 0.1) is 16.9 Å². The molecule has 106 valence electrons. The van der Waals surface area contributed by atoms with Crippen LogP contribution in [0.4, 0.5) is 11.4 Å². The van der Waals surface area contributed by atoms with Gasteiger partial charge in [0.2, 0.25) is 0 Å². The average molecular weight is 286 g/mol. The molecule has 7 nitrogen and oxygen atoms in total. The molecule has 0 unspecified atom stereocenters. The van der Waals surface area contributed by atoms with Crippen LogP contribution in [-0.4, -0.2) is 33.3 Å². The molecule has 21 heavy (non-hydrogen) atoms. The zero-order valence-electron chi connectivity index (χ0n) is 10.7. The van der Waals surface area contributed by atoms with E-state index >= 15 is 0 Å². The summed E-state index contributed by atoms with van der Waals surface area (Å²) in [6.45, 7) is 0. The van der Waals surface area contributed by atoms with Crippen molar-refractivity contribution in [3.8, 4) is 5.75 Å². The molecular weight excluding hydrogens is 275 g/mol. The highest BCUT2D eigenvalue weighted by molar-refractivity contribution is 6.59. The lowest BCUT2D eigenvalue weighted by Crippen LogP contribution is -2.29. The molecule has 0 aliphatic rings. The van der Waals surface area contributed by atoms with Gasteiger partial charge in [-0.25, -0.2) is 4.79 Å². The predicted octanol–water partition coefficient (Wildman–Crippen LogP) is 1.19. The SMILES string of the molecule is O=C(O)c1ccc(N=Nc2ccc(O)c(B(O)O)c2)cc1. The van der Waals surface area contributed by atoms with Crippen molar-refractivity contribution in [2.24, 2.45) is 10.2 Å². The Morgan fingerprint density at radius 3 is 2.10 bits per heavy atom. The van der Waals surface area contributed by atoms with Gasteiger partial charge in [-0.05, 0) is 42.5 Å². The summed E-state index contributed by atoms with van der Waals surface area (Å²) in [5.41, 5.74) is 0.828. The first-order valence-electron chi connectivity index (χ1n) is 5.91. The Labute approximate surface area is 120 Å². The molecule has 0 aromatic heterocycles. The summed E-state index contributed by atoms with van der Waals surface area (Å²) in [6, 6.07) is 9.80. The van der Waals surface area contributed by atoms with Crippen LogP contribution in [-0.2, 0) is 0 Å². The number of azo groups is 1. The number of carboxylic acids is 1. The molecule has 2 aromatic rings. The van der Waals surface area contributed by atoms with E-state index in [1.807, 2.05) is 0 Å². The first-order valence-corrected chi connectivity index (χ1v) is 5.91. The summed E-state index contributed by atoms with van der Waals surface area (Å²) >= 11 is 0. The number of aromatic hydroxyl groups is 1. The van der Waals surface area contributed by atoms with E-state index in [1.54, 1.807) is 0 Å². The average Bonchev–Trinajstić information content (AvgIpc) is 2.46. The maximum Gasteiger partial charge on any atom is 0.492 e. The number of benzene rings is 2. The smallest absolute Gasteiger partial charge is 0.492 e. The topological polar surface area (TPSA) is 123 Å². The lowest BCUT2D eigenvalue weighted by Gasteiger charge is -2.03. The maximum atomic E-state index is 10.7. The Morgan fingerprint density at radius 2 is 1.52 bits per heavy atom. The fourth-order valence-corrected chi connectivity index (χ4v) is 1.60. The van der Waals surface area contributed by atoms with Crippen LogP contribution >= 0.6 is 0 Å². The van der Waals surface area contributed by atoms with Crippen molar-refractivity contribution >= 4 is 29.9 Å². The number of carbonyl (C=O) groups is 1. The van der Waals surface area contributed by atoms with E-state index in [0.717, 1.165) is 0 Å². The number of hydrogen-bond acceptors (Lipinski definition) is 6. The molecule has 0 aliphatic heterocycles. The second-order valence-electron chi connectivity index (χ2n) is 4.17. The van der Waals surface area contributed by atoms with Crippen LogP contribution in [0.15, 0.2) is 52.7 Å². The highest BCUT2D eigenvalue weighted by Crippen LogP contribution is 2.20. The molecular formula is C13H11BN2O5. The van der Waals surface area contributed by atoms with Gasteiger partial charge < -0.3 is 20.3 Å². The predicted molar refractivity (Wildman–Crippen MR) is 75.5 cm³/mol. The van der Waals surface area contributed by atoms with E-state index < -0.39 is 13.1 Å². The van der Waals surface area contributed by atoms with Gasteiger partial charge in [0, 0.05) is 5.46 Å². The molecule has 0 atom stereocenters. The second-order valence-corrected chi connectivity index (χ2v) is 4.17. The summed E-state index contributed by atoms with van der Waals surface area (Å²) in [4.78, 5) is 10.7. The molecule has 0 spiro atoms. The first-order chi connectivity index (χ1) is 9.97. The highest BCUT2D eigenvalue weighted by atomic mass is 16.4. The van der Waals surface area contributed by atoms with Crippen molar-refractivity contribution in [1.29, 1.82) is 0 Å². The van der Waals surface area contributed by atoms with E-state index in [2.05, 4.69) is 10.2 Å². The number of phenolic OH excluding ortho intramolecular Hbond substituents is 1. The third-order valence-corrected chi connectivity index (χ3v) is 2.68. The van der Waals surface area contributed by atoms with Gasteiger partial charge in [-0.1, -0.05) is 0 Å². The number of nitrogens with zero attached hydrogens (tertiary/aromatic N) is 2. The minimum atomic E-state index is -1.81. The molecule has 2 rings (SSSR count). The van der Waals surface area contributed by atoms with Crippen molar-refractivity contribution in [2.75, 3.05) is 0 Å². The van der Waals surface area contributed by atoms with E-state index in [-0.39, 0.29) is 16.8 Å². The van der Waals surface area contributed by atoms with Crippen molar-refractivity contribution in [3.05, 3.63) is 48.0 Å². The van der Waals surface area contributed by atoms with Gasteiger partial charge in [-0.2, -0.15) is 10.2 Å². The standard InChI is InChI=1S/C13H11BN2O5/c17-12-6-5-10(7-11(12)14(20)21)16-15-9-3-1-8(2-4-9)13(18)19/h1-7,17,20-21H,(H,18,19). The zero-order chi connectivity index (χ0) is 15.4. The van der Waals surface area contributed by atoms with Crippen LogP contribution in [0.5, 0.6) is 5.75 Å². The van der Waals surface area contributed by atoms with Gasteiger partial charge in [0.1, 0.15) is 5.75 Å². The Hall–Kier alpha value is -2.71. The largest absolute Gasteiger partial charge is 0.508 e. The van der Waals surface area contributed by atoms with Crippen LogP contribution in [0, 0.1) is 0 Å². The summed E-state index contributed by atoms with van der Waals surface area (Å²) < 4.78 is 0. The second kappa shape index (κ2) is 6.16. The number of aromatic carboxylic acids is 1. The summed E-state index contributed by atoms with van der Waals surface area (Å²) in [5, 5.41) is 44.1. The van der Waals surface area contributed by atoms with Crippen LogP contribution in [0.2, 0.25) is 0 Å². The fourth-order valence-electron chi connectivity index (χ4n) is 1.60. The number of phenols is 1. The lowest BCUT2D eigenvalue weighted by atomic mass is 9.79. The van der Waals surface area contributed by atoms with Crippen molar-refractivity contribution in [3.63, 3.8) is 0 Å². The lowest BCUT2D eigenvalue weighted by molar-refractivity contribution is 0.0697. The van der Waals surface area contributed by atoms with Crippen LogP contribution in [0.3, 0.4) is 0 Å². The zero-order valence-corrected chi connectivity index (χ0v) is 10.7. The number of rotatable bonds is 4. The fraction of sp³-hybridized carbons (Fsp3) is 0. The van der Waals surface area contributed by atoms with Crippen LogP contribution < -0.4 is 5.46 Å². The van der Waals surface area contributed by atoms with Gasteiger partial charge in [-0.3, -0.25) is 0 Å². The van der Waals surface area contributed by atoms with E-state index in [0.29, 0.717) is 11.4 Å². The minimum Gasteiger partial charge on any atom is -0.508 e. The summed E-state index contributed by atoms with van der Waals surface area (Å²) in [6.07, 6.45) is 0. The molecule has 0 bridgehead atoms. The van der Waals surface area contributed by atoms with E-state index in [1.165, 1.54) is 42.5 Å². The normalized spacial score (nSPS) is 10.8. The first kappa shape index (κ1) is 14.7. The molecule has 0 fully saturated rings. The summed E-state index contributed by atoms with van der Waals surface area (Å²) in [5.74, 6) is -1.28. The molecule has 0 amide bonds. The van der Waals surface area contributed by atoms with Crippen LogP contribution in [0.25, 0.3) is 0 Å². The Morgan fingerprint density at radius 1 is 0.952 bits per heavy atom. The Kier molecular flexibility index (Phi) is 4.31. The third kappa shape index (κ3) is 3.65. The number of carboxylic acid groups (broad SMARTS) is 1. The Bertz CT molecular complexity index is 685.